The normalized spacial score (nSPS) is 33.0. The highest BCUT2D eigenvalue weighted by molar-refractivity contribution is 4.85. The third kappa shape index (κ3) is 2.68. The van der Waals surface area contributed by atoms with Crippen LogP contribution in [0, 0.1) is 0 Å². The van der Waals surface area contributed by atoms with Gasteiger partial charge < -0.3 is 4.74 Å². The van der Waals surface area contributed by atoms with E-state index in [0.29, 0.717) is 12.1 Å². The molecule has 1 saturated heterocycles. The maximum atomic E-state index is 5.70. The Morgan fingerprint density at radius 1 is 1.23 bits per heavy atom. The van der Waals surface area contributed by atoms with Gasteiger partial charge in [0.15, 0.2) is 0 Å². The summed E-state index contributed by atoms with van der Waals surface area (Å²) in [5.74, 6) is 0. The van der Waals surface area contributed by atoms with Crippen molar-refractivity contribution in [1.82, 2.24) is 4.90 Å². The van der Waals surface area contributed by atoms with Crippen molar-refractivity contribution in [2.75, 3.05) is 13.2 Å². The zero-order valence-electron chi connectivity index (χ0n) is 9.63. The Bertz CT molecular complexity index is 162. The van der Waals surface area contributed by atoms with Crippen molar-refractivity contribution in [3.05, 3.63) is 0 Å². The van der Waals surface area contributed by atoms with Crippen LogP contribution in [0.3, 0.4) is 0 Å². The lowest BCUT2D eigenvalue weighted by molar-refractivity contribution is 0.00759. The van der Waals surface area contributed by atoms with Gasteiger partial charge >= 0.3 is 0 Å². The Balaban J connectivity index is 2.70. The second-order valence-electron chi connectivity index (χ2n) is 5.03. The first kappa shape index (κ1) is 11.0. The van der Waals surface area contributed by atoms with E-state index < -0.39 is 0 Å². The topological polar surface area (TPSA) is 12.5 Å². The highest BCUT2D eigenvalue weighted by Crippen LogP contribution is 2.22. The molecule has 0 aromatic carbocycles. The SMILES string of the molecule is CC1OCCCN(C(C)(C)C)[C@@H]1C. The summed E-state index contributed by atoms with van der Waals surface area (Å²) in [5.41, 5.74) is 0.265. The minimum atomic E-state index is 0.265. The molecule has 0 saturated carbocycles. The van der Waals surface area contributed by atoms with E-state index >= 15 is 0 Å². The molecule has 1 rings (SSSR count). The highest BCUT2D eigenvalue weighted by atomic mass is 16.5. The lowest BCUT2D eigenvalue weighted by Gasteiger charge is -2.40. The molecule has 13 heavy (non-hydrogen) atoms. The van der Waals surface area contributed by atoms with E-state index in [0.717, 1.165) is 19.6 Å². The third-order valence-corrected chi connectivity index (χ3v) is 2.96. The Labute approximate surface area is 82.3 Å². The van der Waals surface area contributed by atoms with Gasteiger partial charge in [0, 0.05) is 24.7 Å². The summed E-state index contributed by atoms with van der Waals surface area (Å²) in [6.45, 7) is 13.4. The van der Waals surface area contributed by atoms with E-state index in [1.165, 1.54) is 0 Å². The summed E-state index contributed by atoms with van der Waals surface area (Å²) in [5, 5.41) is 0. The van der Waals surface area contributed by atoms with E-state index in [1.807, 2.05) is 0 Å². The first-order valence-corrected chi connectivity index (χ1v) is 5.31. The zero-order chi connectivity index (χ0) is 10.1. The van der Waals surface area contributed by atoms with Gasteiger partial charge in [0.1, 0.15) is 0 Å². The van der Waals surface area contributed by atoms with E-state index in [9.17, 15) is 0 Å². The zero-order valence-corrected chi connectivity index (χ0v) is 9.63. The van der Waals surface area contributed by atoms with E-state index in [4.69, 9.17) is 4.74 Å². The van der Waals surface area contributed by atoms with Gasteiger partial charge in [-0.05, 0) is 41.0 Å². The molecule has 0 spiro atoms. The Morgan fingerprint density at radius 3 is 2.38 bits per heavy atom. The van der Waals surface area contributed by atoms with Crippen molar-refractivity contribution in [2.45, 2.75) is 58.7 Å². The predicted octanol–water partition coefficient (Wildman–Crippen LogP) is 2.28. The molecule has 1 aliphatic rings. The summed E-state index contributed by atoms with van der Waals surface area (Å²) < 4.78 is 5.70. The van der Waals surface area contributed by atoms with Gasteiger partial charge in [-0.3, -0.25) is 4.90 Å². The first-order chi connectivity index (χ1) is 5.93. The molecule has 1 heterocycles. The van der Waals surface area contributed by atoms with Crippen LogP contribution in [-0.4, -0.2) is 35.7 Å². The van der Waals surface area contributed by atoms with Crippen LogP contribution in [0.5, 0.6) is 0 Å². The summed E-state index contributed by atoms with van der Waals surface area (Å²) in [6, 6.07) is 0.530. The molecular weight excluding hydrogens is 162 g/mol. The smallest absolute Gasteiger partial charge is 0.0699 e. The summed E-state index contributed by atoms with van der Waals surface area (Å²) in [6.07, 6.45) is 1.52. The fourth-order valence-corrected chi connectivity index (χ4v) is 2.05. The molecule has 0 amide bonds. The second kappa shape index (κ2) is 3.97. The van der Waals surface area contributed by atoms with Gasteiger partial charge in [-0.25, -0.2) is 0 Å². The number of rotatable bonds is 0. The standard InChI is InChI=1S/C11H23NO/c1-9-10(2)13-8-6-7-12(9)11(3,4)5/h9-10H,6-8H2,1-5H3/t9-,10?/m1/s1. The Morgan fingerprint density at radius 2 is 1.85 bits per heavy atom. The highest BCUT2D eigenvalue weighted by Gasteiger charge is 2.31. The van der Waals surface area contributed by atoms with Crippen LogP contribution in [0.2, 0.25) is 0 Å². The molecule has 0 N–H and O–H groups in total. The third-order valence-electron chi connectivity index (χ3n) is 2.96. The lowest BCUT2D eigenvalue weighted by atomic mass is 10.0. The van der Waals surface area contributed by atoms with Gasteiger partial charge in [-0.2, -0.15) is 0 Å². The van der Waals surface area contributed by atoms with Gasteiger partial charge in [-0.15, -0.1) is 0 Å². The van der Waals surface area contributed by atoms with Crippen molar-refractivity contribution in [1.29, 1.82) is 0 Å². The molecule has 78 valence electrons. The lowest BCUT2D eigenvalue weighted by Crippen LogP contribution is -2.50. The quantitative estimate of drug-likeness (QED) is 0.574. The molecule has 0 bridgehead atoms. The van der Waals surface area contributed by atoms with Crippen LogP contribution < -0.4 is 0 Å². The van der Waals surface area contributed by atoms with Crippen molar-refractivity contribution in [3.8, 4) is 0 Å². The van der Waals surface area contributed by atoms with Crippen LogP contribution >= 0.6 is 0 Å². The molecule has 1 fully saturated rings. The van der Waals surface area contributed by atoms with Crippen molar-refractivity contribution < 1.29 is 4.74 Å². The monoisotopic (exact) mass is 185 g/mol. The molecule has 2 heteroatoms. The average molecular weight is 185 g/mol. The van der Waals surface area contributed by atoms with Crippen LogP contribution in [-0.2, 0) is 4.74 Å². The largest absolute Gasteiger partial charge is 0.377 e. The molecule has 2 nitrogen and oxygen atoms in total. The molecule has 1 unspecified atom stereocenters. The van der Waals surface area contributed by atoms with Crippen LogP contribution in [0.1, 0.15) is 41.0 Å². The van der Waals surface area contributed by atoms with Crippen LogP contribution in [0.15, 0.2) is 0 Å². The molecule has 2 atom stereocenters. The average Bonchev–Trinajstić information content (AvgIpc) is 2.14. The second-order valence-corrected chi connectivity index (χ2v) is 5.03. The summed E-state index contributed by atoms with van der Waals surface area (Å²) in [7, 11) is 0. The molecule has 0 aliphatic carbocycles. The van der Waals surface area contributed by atoms with Crippen molar-refractivity contribution in [2.24, 2.45) is 0 Å². The fraction of sp³-hybridized carbons (Fsp3) is 1.00. The fourth-order valence-electron chi connectivity index (χ4n) is 2.05. The molecule has 1 aliphatic heterocycles. The number of hydrogen-bond donors (Lipinski definition) is 0. The predicted molar refractivity (Wildman–Crippen MR) is 56.0 cm³/mol. The maximum Gasteiger partial charge on any atom is 0.0699 e. The van der Waals surface area contributed by atoms with E-state index in [1.54, 1.807) is 0 Å². The minimum absolute atomic E-state index is 0.265. The van der Waals surface area contributed by atoms with Crippen molar-refractivity contribution >= 4 is 0 Å². The van der Waals surface area contributed by atoms with Crippen molar-refractivity contribution in [3.63, 3.8) is 0 Å². The number of ether oxygens (including phenoxy) is 1. The number of hydrogen-bond acceptors (Lipinski definition) is 2. The number of nitrogens with zero attached hydrogens (tertiary/aromatic N) is 1. The molecule has 0 radical (unpaired) electrons. The molecule has 0 aromatic rings. The van der Waals surface area contributed by atoms with Gasteiger partial charge in [-0.1, -0.05) is 0 Å². The minimum Gasteiger partial charge on any atom is -0.377 e. The van der Waals surface area contributed by atoms with Gasteiger partial charge in [0.2, 0.25) is 0 Å². The molecular formula is C11H23NO. The first-order valence-electron chi connectivity index (χ1n) is 5.31. The van der Waals surface area contributed by atoms with Crippen LogP contribution in [0.4, 0.5) is 0 Å². The van der Waals surface area contributed by atoms with Gasteiger partial charge in [0.25, 0.3) is 0 Å². The molecule has 0 aromatic heterocycles. The maximum absolute atomic E-state index is 5.70. The van der Waals surface area contributed by atoms with Crippen LogP contribution in [0.25, 0.3) is 0 Å². The van der Waals surface area contributed by atoms with E-state index in [-0.39, 0.29) is 5.54 Å². The summed E-state index contributed by atoms with van der Waals surface area (Å²) in [4.78, 5) is 2.55. The summed E-state index contributed by atoms with van der Waals surface area (Å²) >= 11 is 0. The van der Waals surface area contributed by atoms with E-state index in [2.05, 4.69) is 39.5 Å². The Kier molecular flexibility index (Phi) is 3.36. The Hall–Kier alpha value is -0.0800. The van der Waals surface area contributed by atoms with Gasteiger partial charge in [0.05, 0.1) is 6.10 Å².